The summed E-state index contributed by atoms with van der Waals surface area (Å²) in [5.74, 6) is 0.305. The fourth-order valence-electron chi connectivity index (χ4n) is 14.2. The van der Waals surface area contributed by atoms with Crippen LogP contribution in [-0.2, 0) is 17.5 Å². The van der Waals surface area contributed by atoms with Crippen LogP contribution in [0.4, 0.5) is 18.0 Å². The molecule has 326 valence electrons. The monoisotopic (exact) mass is 837 g/mol. The molecule has 11 atom stereocenters. The van der Waals surface area contributed by atoms with Crippen LogP contribution >= 0.6 is 0 Å². The Morgan fingerprint density at radius 1 is 0.885 bits per heavy atom. The summed E-state index contributed by atoms with van der Waals surface area (Å²) in [6.45, 7) is 11.3. The summed E-state index contributed by atoms with van der Waals surface area (Å²) in [4.78, 5) is 31.6. The van der Waals surface area contributed by atoms with Crippen molar-refractivity contribution in [2.45, 2.75) is 129 Å². The van der Waals surface area contributed by atoms with Gasteiger partial charge in [-0.05, 0) is 121 Å². The number of fused-ring (bicyclic) bond motifs is 2. The number of ether oxygens (including phenoxy) is 1. The van der Waals surface area contributed by atoms with Crippen molar-refractivity contribution in [1.29, 1.82) is 0 Å². The summed E-state index contributed by atoms with van der Waals surface area (Å²) < 4.78 is 48.8. The Labute approximate surface area is 358 Å². The molecule has 2 bridgehead atoms. The molecule has 1 amide bonds. The molecular formula is C52H62F3NO5. The van der Waals surface area contributed by atoms with Crippen LogP contribution in [0, 0.1) is 51.2 Å². The molecule has 0 saturated heterocycles. The van der Waals surface area contributed by atoms with Crippen LogP contribution in [-0.4, -0.2) is 51.3 Å². The lowest BCUT2D eigenvalue weighted by molar-refractivity contribution is -0.175. The van der Waals surface area contributed by atoms with E-state index in [0.29, 0.717) is 55.9 Å². The first-order chi connectivity index (χ1) is 28.8. The molecule has 3 aromatic carbocycles. The number of aliphatic hydroxyl groups is 2. The van der Waals surface area contributed by atoms with E-state index in [1.54, 1.807) is 4.90 Å². The Bertz CT molecular complexity index is 2280. The molecule has 9 heteroatoms. The molecular weight excluding hydrogens is 776 g/mol. The van der Waals surface area contributed by atoms with E-state index in [2.05, 4.69) is 65.0 Å². The number of Topliss-reactive ketones (excluding diaryl/α,β-unsaturated/α-hetero) is 1. The summed E-state index contributed by atoms with van der Waals surface area (Å²) in [5, 5.41) is 26.6. The molecule has 2 spiro atoms. The first-order valence-corrected chi connectivity index (χ1v) is 22.8. The number of nitrogens with zero attached hydrogens (tertiary/aromatic N) is 1. The molecule has 0 aromatic heterocycles. The van der Waals surface area contributed by atoms with Crippen LogP contribution in [0.25, 0.3) is 10.8 Å². The zero-order valence-corrected chi connectivity index (χ0v) is 36.3. The second-order valence-electron chi connectivity index (χ2n) is 21.0. The van der Waals surface area contributed by atoms with E-state index in [1.165, 1.54) is 12.1 Å². The largest absolute Gasteiger partial charge is 0.446 e. The number of benzene rings is 3. The first kappa shape index (κ1) is 42.4. The van der Waals surface area contributed by atoms with Crippen LogP contribution in [0.5, 0.6) is 0 Å². The van der Waals surface area contributed by atoms with Gasteiger partial charge in [-0.3, -0.25) is 4.79 Å². The van der Waals surface area contributed by atoms with Gasteiger partial charge in [0, 0.05) is 33.9 Å². The van der Waals surface area contributed by atoms with Crippen molar-refractivity contribution in [3.8, 4) is 0 Å². The third-order valence-electron chi connectivity index (χ3n) is 17.6. The average molecular weight is 838 g/mol. The van der Waals surface area contributed by atoms with Gasteiger partial charge in [0.2, 0.25) is 0 Å². The topological polar surface area (TPSA) is 87.1 Å². The maximum atomic E-state index is 15.0. The van der Waals surface area contributed by atoms with Gasteiger partial charge in [-0.2, -0.15) is 13.2 Å². The molecule has 4 fully saturated rings. The van der Waals surface area contributed by atoms with Crippen LogP contribution < -0.4 is 0 Å². The molecule has 0 radical (unpaired) electrons. The Morgan fingerprint density at radius 2 is 1.59 bits per heavy atom. The van der Waals surface area contributed by atoms with Crippen molar-refractivity contribution in [2.24, 2.45) is 51.2 Å². The SMILES string of the molecule is CC(C)[C@H]1CC[C@H](C)C[C@@H]1OC(=O)N(Cc1cccc2ccccc12)C[C@]1(O)CC[C@H]2[C@]34C=C[C@@]5(C=C3C(=O)c3cccc(C(F)(F)F)c3)CC(O)CC[C@]5(C)[C@H]4CC[C@@]21C. The minimum atomic E-state index is -4.61. The van der Waals surface area contributed by atoms with Gasteiger partial charge in [-0.1, -0.05) is 114 Å². The van der Waals surface area contributed by atoms with E-state index in [9.17, 15) is 28.2 Å². The number of aliphatic hydroxyl groups excluding tert-OH is 1. The van der Waals surface area contributed by atoms with Crippen molar-refractivity contribution in [1.82, 2.24) is 4.90 Å². The highest BCUT2D eigenvalue weighted by atomic mass is 19.4. The Morgan fingerprint density at radius 3 is 2.36 bits per heavy atom. The van der Waals surface area contributed by atoms with Crippen LogP contribution in [0.15, 0.2) is 90.5 Å². The van der Waals surface area contributed by atoms with Gasteiger partial charge in [0.05, 0.1) is 23.8 Å². The van der Waals surface area contributed by atoms with Crippen molar-refractivity contribution < 1.29 is 37.7 Å². The molecule has 7 aliphatic carbocycles. The number of carbonyl (C=O) groups is 2. The second kappa shape index (κ2) is 14.8. The molecule has 6 nitrogen and oxygen atoms in total. The van der Waals surface area contributed by atoms with Crippen LogP contribution in [0.3, 0.4) is 0 Å². The number of carbonyl (C=O) groups excluding carboxylic acids is 2. The zero-order chi connectivity index (χ0) is 43.3. The van der Waals surface area contributed by atoms with Crippen molar-refractivity contribution in [3.05, 3.63) is 107 Å². The van der Waals surface area contributed by atoms with E-state index in [4.69, 9.17) is 4.74 Å². The van der Waals surface area contributed by atoms with E-state index in [-0.39, 0.29) is 47.9 Å². The molecule has 10 rings (SSSR count). The fourth-order valence-corrected chi connectivity index (χ4v) is 14.2. The normalized spacial score (nSPS) is 37.8. The molecule has 0 heterocycles. The second-order valence-corrected chi connectivity index (χ2v) is 21.0. The van der Waals surface area contributed by atoms with E-state index >= 15 is 4.79 Å². The predicted molar refractivity (Wildman–Crippen MR) is 230 cm³/mol. The highest BCUT2D eigenvalue weighted by Crippen LogP contribution is 2.78. The maximum Gasteiger partial charge on any atom is 0.416 e. The number of rotatable bonds is 8. The van der Waals surface area contributed by atoms with Crippen LogP contribution in [0.1, 0.15) is 120 Å². The van der Waals surface area contributed by atoms with E-state index in [1.807, 2.05) is 30.3 Å². The highest BCUT2D eigenvalue weighted by molar-refractivity contribution is 6.10. The summed E-state index contributed by atoms with van der Waals surface area (Å²) >= 11 is 0. The smallest absolute Gasteiger partial charge is 0.416 e. The lowest BCUT2D eigenvalue weighted by atomic mass is 9.32. The molecule has 2 N–H and O–H groups in total. The van der Waals surface area contributed by atoms with Gasteiger partial charge in [-0.15, -0.1) is 0 Å². The molecule has 61 heavy (non-hydrogen) atoms. The third-order valence-corrected chi connectivity index (χ3v) is 17.6. The number of hydrogen-bond donors (Lipinski definition) is 2. The number of halogens is 3. The number of amides is 1. The summed E-state index contributed by atoms with van der Waals surface area (Å²) in [5.41, 5.74) is -3.39. The van der Waals surface area contributed by atoms with Crippen LogP contribution in [0.2, 0.25) is 0 Å². The predicted octanol–water partition coefficient (Wildman–Crippen LogP) is 11.7. The van der Waals surface area contributed by atoms with Crippen molar-refractivity contribution in [2.75, 3.05) is 6.54 Å². The first-order valence-electron chi connectivity index (χ1n) is 22.8. The van der Waals surface area contributed by atoms with Gasteiger partial charge < -0.3 is 19.8 Å². The van der Waals surface area contributed by atoms with E-state index < -0.39 is 51.6 Å². The number of allylic oxidation sites excluding steroid dienone is 4. The minimum Gasteiger partial charge on any atom is -0.446 e. The lowest BCUT2D eigenvalue weighted by Crippen LogP contribution is -2.67. The van der Waals surface area contributed by atoms with Crippen molar-refractivity contribution >= 4 is 22.6 Å². The van der Waals surface area contributed by atoms with Gasteiger partial charge in [0.15, 0.2) is 5.78 Å². The molecule has 3 aromatic rings. The lowest BCUT2D eigenvalue weighted by Gasteiger charge is -2.71. The quantitative estimate of drug-likeness (QED) is 0.174. The standard InChI is InChI=1S/C52H62F3NO5/c1-32(2)39-17-16-33(3)26-42(39)61-46(59)56(30-36-13-8-11-34-10-6-7-15-40(34)36)31-50(60)23-20-44-48(50,5)22-19-43-47(4)21-18-38(57)28-49(47)24-25-51(43,44)41(29-49)45(58)35-12-9-14-37(27-35)52(53,54)55/h6-15,24-25,27,29,32-33,38-39,42-44,57,60H,16-23,26,28,30-31H2,1-5H3/t33-,38?,39+,42-,43+,44+,47+,48-,49-,50+,51+/m0/s1. The number of ketones is 1. The number of alkyl halides is 3. The maximum absolute atomic E-state index is 15.0. The number of hydrogen-bond acceptors (Lipinski definition) is 5. The Kier molecular flexibility index (Phi) is 10.3. The zero-order valence-electron chi connectivity index (χ0n) is 36.3. The average Bonchev–Trinajstić information content (AvgIpc) is 3.49. The van der Waals surface area contributed by atoms with E-state index in [0.717, 1.165) is 54.2 Å². The Hall–Kier alpha value is -3.95. The third kappa shape index (κ3) is 6.56. The van der Waals surface area contributed by atoms with Gasteiger partial charge >= 0.3 is 12.3 Å². The molecule has 7 aliphatic rings. The molecule has 1 unspecified atom stereocenters. The fraction of sp³-hybridized carbons (Fsp3) is 0.577. The van der Waals surface area contributed by atoms with Gasteiger partial charge in [-0.25, -0.2) is 4.79 Å². The van der Waals surface area contributed by atoms with Gasteiger partial charge in [0.25, 0.3) is 0 Å². The summed E-state index contributed by atoms with van der Waals surface area (Å²) in [6, 6.07) is 18.9. The summed E-state index contributed by atoms with van der Waals surface area (Å²) in [6.07, 6.45) is 7.56. The minimum absolute atomic E-state index is 0.00844. The molecule has 4 saturated carbocycles. The highest BCUT2D eigenvalue weighted by Gasteiger charge is 2.74. The van der Waals surface area contributed by atoms with Gasteiger partial charge in [0.1, 0.15) is 6.10 Å². The summed E-state index contributed by atoms with van der Waals surface area (Å²) in [7, 11) is 0. The Balaban J connectivity index is 1.11. The van der Waals surface area contributed by atoms with Crippen molar-refractivity contribution in [3.63, 3.8) is 0 Å². The molecule has 0 aliphatic heterocycles.